The quantitative estimate of drug-likeness (QED) is 0.688. The molecule has 2 N–H and O–H groups in total. The summed E-state index contributed by atoms with van der Waals surface area (Å²) >= 11 is 13.8. The summed E-state index contributed by atoms with van der Waals surface area (Å²) in [6, 6.07) is 7.26. The number of anilines is 3. The van der Waals surface area contributed by atoms with E-state index in [4.69, 9.17) is 23.2 Å². The molecule has 0 unspecified atom stereocenters. The van der Waals surface area contributed by atoms with E-state index < -0.39 is 0 Å². The highest BCUT2D eigenvalue weighted by Gasteiger charge is 2.10. The molecule has 108 valence electrons. The number of thiophene rings is 1. The Bertz CT molecular complexity index is 788. The average molecular weight is 339 g/mol. The molecule has 7 heteroatoms. The van der Waals surface area contributed by atoms with Crippen LogP contribution in [0.5, 0.6) is 0 Å². The fourth-order valence-corrected chi connectivity index (χ4v) is 3.01. The lowest BCUT2D eigenvalue weighted by Crippen LogP contribution is -2.04. The Hall–Kier alpha value is -1.56. The molecule has 0 saturated heterocycles. The maximum Gasteiger partial charge on any atom is 0.226 e. The second-order valence-corrected chi connectivity index (χ2v) is 6.05. The minimum Gasteiger partial charge on any atom is -0.354 e. The number of benzene rings is 1. The van der Waals surface area contributed by atoms with Gasteiger partial charge >= 0.3 is 0 Å². The Morgan fingerprint density at radius 3 is 2.86 bits per heavy atom. The van der Waals surface area contributed by atoms with Gasteiger partial charge in [0.15, 0.2) is 0 Å². The molecule has 0 spiro atoms. The third-order valence-electron chi connectivity index (χ3n) is 2.84. The summed E-state index contributed by atoms with van der Waals surface area (Å²) in [5.41, 5.74) is 0.720. The standard InChI is InChI=1S/C14H12Cl2N4S/c1-2-17-14-19-12(9-5-6-21-13(9)20-14)18-11-7-8(15)3-4-10(11)16/h3-7H,2H2,1H3,(H2,17,18,19,20). The van der Waals surface area contributed by atoms with E-state index in [1.807, 2.05) is 18.4 Å². The molecule has 1 aromatic carbocycles. The van der Waals surface area contributed by atoms with Gasteiger partial charge in [-0.3, -0.25) is 0 Å². The summed E-state index contributed by atoms with van der Waals surface area (Å²) in [7, 11) is 0. The molecule has 0 saturated carbocycles. The molecule has 2 heterocycles. The number of nitrogens with one attached hydrogen (secondary N) is 2. The van der Waals surface area contributed by atoms with Crippen molar-refractivity contribution in [2.24, 2.45) is 0 Å². The van der Waals surface area contributed by atoms with Crippen LogP contribution in [-0.4, -0.2) is 16.5 Å². The van der Waals surface area contributed by atoms with Crippen LogP contribution >= 0.6 is 34.5 Å². The van der Waals surface area contributed by atoms with E-state index in [9.17, 15) is 0 Å². The number of nitrogens with zero attached hydrogens (tertiary/aromatic N) is 2. The van der Waals surface area contributed by atoms with E-state index in [0.717, 1.165) is 22.4 Å². The van der Waals surface area contributed by atoms with Crippen LogP contribution < -0.4 is 10.6 Å². The molecular weight excluding hydrogens is 327 g/mol. The van der Waals surface area contributed by atoms with Crippen molar-refractivity contribution in [1.82, 2.24) is 9.97 Å². The maximum absolute atomic E-state index is 6.19. The van der Waals surface area contributed by atoms with Crippen molar-refractivity contribution in [3.63, 3.8) is 0 Å². The van der Waals surface area contributed by atoms with Gasteiger partial charge in [-0.25, -0.2) is 4.98 Å². The summed E-state index contributed by atoms with van der Waals surface area (Å²) in [6.45, 7) is 2.76. The Morgan fingerprint density at radius 1 is 1.19 bits per heavy atom. The summed E-state index contributed by atoms with van der Waals surface area (Å²) in [6.07, 6.45) is 0. The number of rotatable bonds is 4. The average Bonchev–Trinajstić information content (AvgIpc) is 2.92. The second kappa shape index (κ2) is 6.05. The number of aromatic nitrogens is 2. The van der Waals surface area contributed by atoms with Crippen LogP contribution in [0.1, 0.15) is 6.92 Å². The molecule has 2 aromatic heterocycles. The van der Waals surface area contributed by atoms with Gasteiger partial charge in [-0.15, -0.1) is 11.3 Å². The molecule has 4 nitrogen and oxygen atoms in total. The molecule has 0 fully saturated rings. The van der Waals surface area contributed by atoms with E-state index >= 15 is 0 Å². The molecule has 0 amide bonds. The van der Waals surface area contributed by atoms with Gasteiger partial charge in [-0.2, -0.15) is 4.98 Å². The van der Waals surface area contributed by atoms with Crippen LogP contribution in [0.25, 0.3) is 10.2 Å². The first-order valence-corrected chi connectivity index (χ1v) is 8.02. The third-order valence-corrected chi connectivity index (χ3v) is 4.21. The van der Waals surface area contributed by atoms with Crippen molar-refractivity contribution in [1.29, 1.82) is 0 Å². The van der Waals surface area contributed by atoms with Crippen molar-refractivity contribution < 1.29 is 0 Å². The second-order valence-electron chi connectivity index (χ2n) is 4.31. The van der Waals surface area contributed by atoms with E-state index in [2.05, 4.69) is 20.6 Å². The van der Waals surface area contributed by atoms with Crippen molar-refractivity contribution in [2.45, 2.75) is 6.92 Å². The topological polar surface area (TPSA) is 49.8 Å². The summed E-state index contributed by atoms with van der Waals surface area (Å²) in [4.78, 5) is 9.88. The first-order valence-electron chi connectivity index (χ1n) is 6.38. The highest BCUT2D eigenvalue weighted by Crippen LogP contribution is 2.32. The maximum atomic E-state index is 6.19. The summed E-state index contributed by atoms with van der Waals surface area (Å²) in [5.74, 6) is 1.30. The molecule has 0 aliphatic heterocycles. The SMILES string of the molecule is CCNc1nc(Nc2cc(Cl)ccc2Cl)c2ccsc2n1. The van der Waals surface area contributed by atoms with Gasteiger partial charge in [0.2, 0.25) is 5.95 Å². The minimum absolute atomic E-state index is 0.589. The first kappa shape index (κ1) is 14.4. The van der Waals surface area contributed by atoms with Gasteiger partial charge in [0, 0.05) is 11.6 Å². The van der Waals surface area contributed by atoms with Crippen LogP contribution in [0.3, 0.4) is 0 Å². The molecule has 0 atom stereocenters. The number of hydrogen-bond donors (Lipinski definition) is 2. The lowest BCUT2D eigenvalue weighted by molar-refractivity contribution is 1.11. The normalized spacial score (nSPS) is 10.8. The van der Waals surface area contributed by atoms with Crippen LogP contribution in [0.15, 0.2) is 29.6 Å². The third kappa shape index (κ3) is 3.05. The van der Waals surface area contributed by atoms with E-state index in [0.29, 0.717) is 21.8 Å². The monoisotopic (exact) mass is 338 g/mol. The summed E-state index contributed by atoms with van der Waals surface area (Å²) in [5, 5.41) is 10.5. The predicted octanol–water partition coefficient (Wildman–Crippen LogP) is 5.17. The number of hydrogen-bond acceptors (Lipinski definition) is 5. The molecule has 0 aliphatic carbocycles. The van der Waals surface area contributed by atoms with Crippen LogP contribution in [-0.2, 0) is 0 Å². The minimum atomic E-state index is 0.589. The molecule has 3 rings (SSSR count). The van der Waals surface area contributed by atoms with E-state index in [1.165, 1.54) is 0 Å². The first-order chi connectivity index (χ1) is 10.2. The Morgan fingerprint density at radius 2 is 2.05 bits per heavy atom. The van der Waals surface area contributed by atoms with Gasteiger partial charge in [0.1, 0.15) is 10.6 Å². The van der Waals surface area contributed by atoms with Gasteiger partial charge in [-0.05, 0) is 36.6 Å². The zero-order valence-electron chi connectivity index (χ0n) is 11.2. The van der Waals surface area contributed by atoms with Crippen molar-refractivity contribution >= 4 is 62.2 Å². The molecule has 21 heavy (non-hydrogen) atoms. The molecule has 0 aliphatic rings. The lowest BCUT2D eigenvalue weighted by Gasteiger charge is -2.11. The van der Waals surface area contributed by atoms with Gasteiger partial charge in [-0.1, -0.05) is 23.2 Å². The van der Waals surface area contributed by atoms with Crippen molar-refractivity contribution in [2.75, 3.05) is 17.2 Å². The number of fused-ring (bicyclic) bond motifs is 1. The summed E-state index contributed by atoms with van der Waals surface area (Å²) < 4.78 is 0. The Labute approximate surface area is 136 Å². The molecule has 0 bridgehead atoms. The highest BCUT2D eigenvalue weighted by atomic mass is 35.5. The largest absolute Gasteiger partial charge is 0.354 e. The zero-order valence-corrected chi connectivity index (χ0v) is 13.5. The molecule has 0 radical (unpaired) electrons. The smallest absolute Gasteiger partial charge is 0.226 e. The Kier molecular flexibility index (Phi) is 4.14. The van der Waals surface area contributed by atoms with Gasteiger partial charge in [0.05, 0.1) is 16.1 Å². The highest BCUT2D eigenvalue weighted by molar-refractivity contribution is 7.16. The van der Waals surface area contributed by atoms with Crippen molar-refractivity contribution in [3.8, 4) is 0 Å². The number of halogens is 2. The van der Waals surface area contributed by atoms with Crippen LogP contribution in [0, 0.1) is 0 Å². The fraction of sp³-hybridized carbons (Fsp3) is 0.143. The van der Waals surface area contributed by atoms with Gasteiger partial charge in [0.25, 0.3) is 0 Å². The fourth-order valence-electron chi connectivity index (χ4n) is 1.91. The molecular formula is C14H12Cl2N4S. The van der Waals surface area contributed by atoms with Crippen LogP contribution in [0.2, 0.25) is 10.0 Å². The van der Waals surface area contributed by atoms with E-state index in [-0.39, 0.29) is 0 Å². The zero-order chi connectivity index (χ0) is 14.8. The predicted molar refractivity (Wildman–Crippen MR) is 91.3 cm³/mol. The van der Waals surface area contributed by atoms with E-state index in [1.54, 1.807) is 29.5 Å². The lowest BCUT2D eigenvalue weighted by atomic mass is 10.3. The molecule has 3 aromatic rings. The van der Waals surface area contributed by atoms with Crippen molar-refractivity contribution in [3.05, 3.63) is 39.7 Å². The van der Waals surface area contributed by atoms with Crippen LogP contribution in [0.4, 0.5) is 17.5 Å². The van der Waals surface area contributed by atoms with Gasteiger partial charge < -0.3 is 10.6 Å². The Balaban J connectivity index is 2.06.